The molecule has 4 nitrogen and oxygen atoms in total. The molecule has 0 aromatic carbocycles. The van der Waals surface area contributed by atoms with Crippen molar-refractivity contribution in [2.75, 3.05) is 38.6 Å². The van der Waals surface area contributed by atoms with Crippen molar-refractivity contribution >= 4 is 5.82 Å². The van der Waals surface area contributed by atoms with Crippen LogP contribution in [0.25, 0.3) is 0 Å². The Morgan fingerprint density at radius 1 is 1.33 bits per heavy atom. The van der Waals surface area contributed by atoms with Crippen LogP contribution in [0.2, 0.25) is 0 Å². The van der Waals surface area contributed by atoms with E-state index in [-0.39, 0.29) is 0 Å². The summed E-state index contributed by atoms with van der Waals surface area (Å²) in [5, 5.41) is 3.26. The molecule has 1 saturated heterocycles. The van der Waals surface area contributed by atoms with Crippen LogP contribution in [0.5, 0.6) is 0 Å². The molecule has 0 saturated carbocycles. The van der Waals surface area contributed by atoms with Gasteiger partial charge < -0.3 is 15.1 Å². The lowest BCUT2D eigenvalue weighted by atomic mass is 10.1. The van der Waals surface area contributed by atoms with Gasteiger partial charge in [-0.1, -0.05) is 13.8 Å². The summed E-state index contributed by atoms with van der Waals surface area (Å²) in [6.45, 7) is 11.0. The van der Waals surface area contributed by atoms with Crippen molar-refractivity contribution in [2.45, 2.75) is 45.7 Å². The van der Waals surface area contributed by atoms with E-state index in [1.165, 1.54) is 24.2 Å². The van der Waals surface area contributed by atoms with Crippen LogP contribution in [-0.4, -0.2) is 49.7 Å². The van der Waals surface area contributed by atoms with Crippen molar-refractivity contribution in [3.8, 4) is 0 Å². The Kier molecular flexibility index (Phi) is 5.59. The summed E-state index contributed by atoms with van der Waals surface area (Å²) in [5.74, 6) is 1.61. The molecule has 4 heteroatoms. The normalized spacial score (nSPS) is 20.9. The number of nitrogens with one attached hydrogen (secondary N) is 1. The van der Waals surface area contributed by atoms with Crippen molar-refractivity contribution in [1.29, 1.82) is 0 Å². The topological polar surface area (TPSA) is 31.4 Å². The molecule has 1 fully saturated rings. The Hall–Kier alpha value is -1.13. The fourth-order valence-electron chi connectivity index (χ4n) is 3.06. The molecule has 2 heterocycles. The molecule has 2 rings (SSSR count). The maximum absolute atomic E-state index is 4.94. The highest BCUT2D eigenvalue weighted by molar-refractivity contribution is 5.44. The maximum Gasteiger partial charge on any atom is 0.129 e. The average Bonchev–Trinajstić information content (AvgIpc) is 2.59. The zero-order chi connectivity index (χ0) is 15.4. The first-order valence-corrected chi connectivity index (χ1v) is 8.12. The third-order valence-electron chi connectivity index (χ3n) is 4.20. The molecule has 1 N–H and O–H groups in total. The van der Waals surface area contributed by atoms with Crippen molar-refractivity contribution in [3.05, 3.63) is 23.4 Å². The fourth-order valence-corrected chi connectivity index (χ4v) is 3.06. The number of hydrogen-bond acceptors (Lipinski definition) is 4. The van der Waals surface area contributed by atoms with E-state index in [9.17, 15) is 0 Å². The van der Waals surface area contributed by atoms with Crippen molar-refractivity contribution < 1.29 is 0 Å². The van der Waals surface area contributed by atoms with Crippen LogP contribution in [0.1, 0.15) is 44.4 Å². The molecule has 0 amide bonds. The number of pyridine rings is 1. The summed E-state index contributed by atoms with van der Waals surface area (Å²) in [6.07, 6.45) is 1.20. The monoisotopic (exact) mass is 290 g/mol. The van der Waals surface area contributed by atoms with Crippen LogP contribution in [0.15, 0.2) is 12.1 Å². The van der Waals surface area contributed by atoms with Crippen LogP contribution < -0.4 is 10.2 Å². The highest BCUT2D eigenvalue weighted by atomic mass is 15.3. The largest absolute Gasteiger partial charge is 0.353 e. The highest BCUT2D eigenvalue weighted by Crippen LogP contribution is 2.23. The molecule has 21 heavy (non-hydrogen) atoms. The highest BCUT2D eigenvalue weighted by Gasteiger charge is 2.21. The molecule has 1 atom stereocenters. The van der Waals surface area contributed by atoms with Gasteiger partial charge in [-0.2, -0.15) is 0 Å². The van der Waals surface area contributed by atoms with Crippen LogP contribution in [0.3, 0.4) is 0 Å². The van der Waals surface area contributed by atoms with E-state index in [0.717, 1.165) is 25.5 Å². The van der Waals surface area contributed by atoms with Crippen LogP contribution in [-0.2, 0) is 6.54 Å². The number of aromatic nitrogens is 1. The zero-order valence-corrected chi connectivity index (χ0v) is 14.2. The molecule has 0 radical (unpaired) electrons. The zero-order valence-electron chi connectivity index (χ0n) is 14.2. The molecule has 1 unspecified atom stereocenters. The number of anilines is 1. The van der Waals surface area contributed by atoms with E-state index >= 15 is 0 Å². The number of likely N-dealkylation sites (N-methyl/N-ethyl adjacent to an activating group) is 1. The predicted octanol–water partition coefficient (Wildman–Crippen LogP) is 2.45. The Morgan fingerprint density at radius 3 is 2.76 bits per heavy atom. The second kappa shape index (κ2) is 7.23. The second-order valence-corrected chi connectivity index (χ2v) is 6.60. The van der Waals surface area contributed by atoms with Crippen LogP contribution >= 0.6 is 0 Å². The van der Waals surface area contributed by atoms with E-state index in [0.29, 0.717) is 12.0 Å². The molecule has 1 aliphatic heterocycles. The Bertz CT molecular complexity index is 458. The molecular weight excluding hydrogens is 260 g/mol. The smallest absolute Gasteiger partial charge is 0.129 e. The Balaban J connectivity index is 2.32. The van der Waals surface area contributed by atoms with Crippen LogP contribution in [0.4, 0.5) is 5.82 Å². The molecule has 0 aliphatic carbocycles. The van der Waals surface area contributed by atoms with Crippen molar-refractivity contribution in [1.82, 2.24) is 15.2 Å². The van der Waals surface area contributed by atoms with Gasteiger partial charge in [0.15, 0.2) is 0 Å². The Labute approximate surface area is 129 Å². The summed E-state index contributed by atoms with van der Waals surface area (Å²) in [7, 11) is 4.21. The molecule has 0 spiro atoms. The first kappa shape index (κ1) is 16.2. The summed E-state index contributed by atoms with van der Waals surface area (Å²) in [6, 6.07) is 5.00. The minimum atomic E-state index is 0.463. The summed E-state index contributed by atoms with van der Waals surface area (Å²) < 4.78 is 0. The molecule has 1 aromatic heterocycles. The second-order valence-electron chi connectivity index (χ2n) is 6.60. The van der Waals surface area contributed by atoms with Crippen LogP contribution in [0, 0.1) is 0 Å². The van der Waals surface area contributed by atoms with E-state index in [4.69, 9.17) is 4.98 Å². The molecule has 118 valence electrons. The first-order chi connectivity index (χ1) is 10.0. The third kappa shape index (κ3) is 4.17. The predicted molar refractivity (Wildman–Crippen MR) is 90.0 cm³/mol. The van der Waals surface area contributed by atoms with Gasteiger partial charge in [0.2, 0.25) is 0 Å². The minimum absolute atomic E-state index is 0.463. The summed E-state index contributed by atoms with van der Waals surface area (Å²) in [5.41, 5.74) is 2.53. The number of rotatable bonds is 4. The van der Waals surface area contributed by atoms with E-state index in [1.807, 2.05) is 7.05 Å². The fraction of sp³-hybridized carbons (Fsp3) is 0.706. The van der Waals surface area contributed by atoms with Gasteiger partial charge in [0, 0.05) is 31.4 Å². The van der Waals surface area contributed by atoms with Crippen molar-refractivity contribution in [2.24, 2.45) is 0 Å². The third-order valence-corrected chi connectivity index (χ3v) is 4.20. The summed E-state index contributed by atoms with van der Waals surface area (Å²) >= 11 is 0. The first-order valence-electron chi connectivity index (χ1n) is 8.12. The molecular formula is C17H30N4. The molecule has 1 aromatic rings. The standard InChI is InChI=1S/C17H30N4/c1-13(2)16-9-15(11-18-4)10-17(19-16)21-8-6-7-20(5)12-14(21)3/h9-10,13-14,18H,6-8,11-12H2,1-5H3. The molecule has 1 aliphatic rings. The van der Waals surface area contributed by atoms with Gasteiger partial charge in [-0.15, -0.1) is 0 Å². The quantitative estimate of drug-likeness (QED) is 0.923. The SMILES string of the molecule is CNCc1cc(C(C)C)nc(N2CCCN(C)CC2C)c1. The van der Waals surface area contributed by atoms with Gasteiger partial charge in [0.05, 0.1) is 0 Å². The Morgan fingerprint density at radius 2 is 2.10 bits per heavy atom. The number of hydrogen-bond donors (Lipinski definition) is 1. The van der Waals surface area contributed by atoms with E-state index in [1.54, 1.807) is 0 Å². The van der Waals surface area contributed by atoms with Gasteiger partial charge in [-0.25, -0.2) is 4.98 Å². The van der Waals surface area contributed by atoms with Gasteiger partial charge in [-0.3, -0.25) is 0 Å². The van der Waals surface area contributed by atoms with Gasteiger partial charge in [-0.05, 0) is 57.6 Å². The van der Waals surface area contributed by atoms with E-state index < -0.39 is 0 Å². The van der Waals surface area contributed by atoms with Gasteiger partial charge in [0.1, 0.15) is 5.82 Å². The minimum Gasteiger partial charge on any atom is -0.353 e. The molecule has 0 bridgehead atoms. The lowest BCUT2D eigenvalue weighted by molar-refractivity contribution is 0.337. The summed E-state index contributed by atoms with van der Waals surface area (Å²) in [4.78, 5) is 9.84. The van der Waals surface area contributed by atoms with Crippen molar-refractivity contribution in [3.63, 3.8) is 0 Å². The van der Waals surface area contributed by atoms with Gasteiger partial charge >= 0.3 is 0 Å². The average molecular weight is 290 g/mol. The lowest BCUT2D eigenvalue weighted by Crippen LogP contribution is -2.38. The maximum atomic E-state index is 4.94. The number of nitrogens with zero attached hydrogens (tertiary/aromatic N) is 3. The van der Waals surface area contributed by atoms with E-state index in [2.05, 4.69) is 55.1 Å². The van der Waals surface area contributed by atoms with Gasteiger partial charge in [0.25, 0.3) is 0 Å². The lowest BCUT2D eigenvalue weighted by Gasteiger charge is -2.30.